The van der Waals surface area contributed by atoms with E-state index < -0.39 is 6.10 Å². The average Bonchev–Trinajstić information content (AvgIpc) is 3.06. The molecule has 1 aliphatic heterocycles. The van der Waals surface area contributed by atoms with Gasteiger partial charge in [0, 0.05) is 43.3 Å². The first kappa shape index (κ1) is 17.7. The van der Waals surface area contributed by atoms with E-state index in [1.54, 1.807) is 0 Å². The average molecular weight is 335 g/mol. The molecule has 130 valence electrons. The van der Waals surface area contributed by atoms with E-state index in [1.165, 1.54) is 0 Å². The van der Waals surface area contributed by atoms with Gasteiger partial charge in [-0.1, -0.05) is 5.16 Å². The van der Waals surface area contributed by atoms with Crippen molar-refractivity contribution in [2.24, 2.45) is 5.92 Å². The third-order valence-corrected chi connectivity index (χ3v) is 3.73. The molecule has 4 N–H and O–H groups in total. The number of aliphatic hydroxyl groups is 1. The lowest BCUT2D eigenvalue weighted by molar-refractivity contribution is -0.122. The van der Waals surface area contributed by atoms with Crippen molar-refractivity contribution in [3.8, 4) is 0 Å². The van der Waals surface area contributed by atoms with Crippen LogP contribution in [0.5, 0.6) is 0 Å². The van der Waals surface area contributed by atoms with Crippen molar-refractivity contribution in [1.82, 2.24) is 15.1 Å². The topological polar surface area (TPSA) is 139 Å². The molecular formula is C15H21N5O4. The van der Waals surface area contributed by atoms with Crippen LogP contribution < -0.4 is 10.6 Å². The SMILES string of the molecule is Cc1cc(C[C@@H]2CN(c3cc(C)nc(N)n3)C[C@H]2O)on1.O=CO. The van der Waals surface area contributed by atoms with Crippen LogP contribution >= 0.6 is 0 Å². The Hall–Kier alpha value is -2.68. The summed E-state index contributed by atoms with van der Waals surface area (Å²) in [7, 11) is 0. The van der Waals surface area contributed by atoms with Gasteiger partial charge in [0.15, 0.2) is 0 Å². The summed E-state index contributed by atoms with van der Waals surface area (Å²) in [5, 5.41) is 21.0. The van der Waals surface area contributed by atoms with Crippen molar-refractivity contribution < 1.29 is 19.5 Å². The first-order chi connectivity index (χ1) is 11.4. The van der Waals surface area contributed by atoms with Crippen LogP contribution in [0.1, 0.15) is 17.1 Å². The summed E-state index contributed by atoms with van der Waals surface area (Å²) in [6, 6.07) is 3.78. The lowest BCUT2D eigenvalue weighted by Gasteiger charge is -2.17. The minimum absolute atomic E-state index is 0.0915. The monoisotopic (exact) mass is 335 g/mol. The molecule has 1 saturated heterocycles. The largest absolute Gasteiger partial charge is 0.483 e. The van der Waals surface area contributed by atoms with Crippen molar-refractivity contribution in [3.63, 3.8) is 0 Å². The normalized spacial score (nSPS) is 19.7. The Kier molecular flexibility index (Phi) is 5.69. The first-order valence-corrected chi connectivity index (χ1v) is 7.47. The van der Waals surface area contributed by atoms with Crippen LogP contribution in [-0.2, 0) is 11.2 Å². The Morgan fingerprint density at radius 1 is 1.33 bits per heavy atom. The summed E-state index contributed by atoms with van der Waals surface area (Å²) in [5.74, 6) is 1.91. The maximum atomic E-state index is 10.2. The molecule has 2 aromatic rings. The number of aliphatic hydroxyl groups excluding tert-OH is 1. The van der Waals surface area contributed by atoms with Crippen molar-refractivity contribution in [3.05, 3.63) is 29.3 Å². The van der Waals surface area contributed by atoms with E-state index in [0.717, 1.165) is 23.0 Å². The lowest BCUT2D eigenvalue weighted by Crippen LogP contribution is -2.22. The summed E-state index contributed by atoms with van der Waals surface area (Å²) in [5.41, 5.74) is 7.36. The number of carbonyl (C=O) groups is 1. The number of aromatic nitrogens is 3. The van der Waals surface area contributed by atoms with Gasteiger partial charge < -0.3 is 25.4 Å². The van der Waals surface area contributed by atoms with E-state index in [-0.39, 0.29) is 18.3 Å². The predicted octanol–water partition coefficient (Wildman–Crippen LogP) is 0.404. The summed E-state index contributed by atoms with van der Waals surface area (Å²) in [4.78, 5) is 18.7. The van der Waals surface area contributed by atoms with E-state index in [0.29, 0.717) is 19.5 Å². The Bertz CT molecular complexity index is 670. The number of aryl methyl sites for hydroxylation is 2. The highest BCUT2D eigenvalue weighted by Gasteiger charge is 2.33. The smallest absolute Gasteiger partial charge is 0.290 e. The van der Waals surface area contributed by atoms with Gasteiger partial charge in [-0.15, -0.1) is 0 Å². The van der Waals surface area contributed by atoms with Crippen LogP contribution in [0, 0.1) is 19.8 Å². The fourth-order valence-electron chi connectivity index (χ4n) is 2.75. The summed E-state index contributed by atoms with van der Waals surface area (Å²) >= 11 is 0. The maximum absolute atomic E-state index is 10.2. The number of β-amino-alcohol motifs (C(OH)–C–C–N with tert-alkyl or cyclic N) is 1. The van der Waals surface area contributed by atoms with Crippen molar-refractivity contribution in [1.29, 1.82) is 0 Å². The zero-order valence-electron chi connectivity index (χ0n) is 13.6. The molecule has 0 amide bonds. The fourth-order valence-corrected chi connectivity index (χ4v) is 2.75. The third-order valence-electron chi connectivity index (χ3n) is 3.73. The number of nitrogens with zero attached hydrogens (tertiary/aromatic N) is 4. The molecule has 0 aromatic carbocycles. The molecule has 2 aromatic heterocycles. The molecule has 1 fully saturated rings. The number of hydrogen-bond acceptors (Lipinski definition) is 8. The van der Waals surface area contributed by atoms with Gasteiger partial charge in [0.25, 0.3) is 6.47 Å². The van der Waals surface area contributed by atoms with E-state index in [4.69, 9.17) is 20.2 Å². The molecule has 0 aliphatic carbocycles. The van der Waals surface area contributed by atoms with Gasteiger partial charge in [-0.05, 0) is 13.8 Å². The van der Waals surface area contributed by atoms with Gasteiger partial charge >= 0.3 is 0 Å². The summed E-state index contributed by atoms with van der Waals surface area (Å²) in [6.45, 7) is 4.75. The van der Waals surface area contributed by atoms with Gasteiger partial charge in [-0.3, -0.25) is 4.79 Å². The Labute approximate surface area is 139 Å². The van der Waals surface area contributed by atoms with E-state index in [1.807, 2.05) is 30.9 Å². The van der Waals surface area contributed by atoms with Gasteiger partial charge in [0.2, 0.25) is 5.95 Å². The van der Waals surface area contributed by atoms with Crippen LogP contribution in [0.15, 0.2) is 16.7 Å². The summed E-state index contributed by atoms with van der Waals surface area (Å²) in [6.07, 6.45) is 0.241. The minimum Gasteiger partial charge on any atom is -0.483 e. The molecule has 3 rings (SSSR count). The molecule has 3 heterocycles. The minimum atomic E-state index is -0.424. The molecule has 0 saturated carbocycles. The third kappa shape index (κ3) is 4.42. The maximum Gasteiger partial charge on any atom is 0.290 e. The Morgan fingerprint density at radius 2 is 2.04 bits per heavy atom. The molecule has 0 radical (unpaired) electrons. The lowest BCUT2D eigenvalue weighted by atomic mass is 10.0. The highest BCUT2D eigenvalue weighted by Crippen LogP contribution is 2.26. The molecule has 24 heavy (non-hydrogen) atoms. The van der Waals surface area contributed by atoms with Gasteiger partial charge in [0.05, 0.1) is 11.8 Å². The highest BCUT2D eigenvalue weighted by atomic mass is 16.5. The Morgan fingerprint density at radius 3 is 2.62 bits per heavy atom. The first-order valence-electron chi connectivity index (χ1n) is 7.47. The van der Waals surface area contributed by atoms with Crippen molar-refractivity contribution >= 4 is 18.2 Å². The molecule has 0 unspecified atom stereocenters. The van der Waals surface area contributed by atoms with Gasteiger partial charge in [0.1, 0.15) is 11.6 Å². The molecule has 9 nitrogen and oxygen atoms in total. The number of nitrogen functional groups attached to an aromatic ring is 1. The van der Waals surface area contributed by atoms with Crippen LogP contribution in [-0.4, -0.2) is 51.0 Å². The van der Waals surface area contributed by atoms with E-state index in [2.05, 4.69) is 15.1 Å². The van der Waals surface area contributed by atoms with E-state index in [9.17, 15) is 5.11 Å². The number of nitrogens with two attached hydrogens (primary N) is 1. The van der Waals surface area contributed by atoms with Crippen LogP contribution in [0.3, 0.4) is 0 Å². The number of hydrogen-bond donors (Lipinski definition) is 3. The molecule has 9 heteroatoms. The van der Waals surface area contributed by atoms with Crippen molar-refractivity contribution in [2.45, 2.75) is 26.4 Å². The van der Waals surface area contributed by atoms with Gasteiger partial charge in [-0.25, -0.2) is 4.98 Å². The Balaban J connectivity index is 0.000000647. The fraction of sp³-hybridized carbons (Fsp3) is 0.467. The van der Waals surface area contributed by atoms with Crippen LogP contribution in [0.2, 0.25) is 0 Å². The van der Waals surface area contributed by atoms with Crippen molar-refractivity contribution in [2.75, 3.05) is 23.7 Å². The second kappa shape index (κ2) is 7.73. The van der Waals surface area contributed by atoms with E-state index >= 15 is 0 Å². The molecular weight excluding hydrogens is 314 g/mol. The molecule has 0 bridgehead atoms. The predicted molar refractivity (Wildman–Crippen MR) is 86.5 cm³/mol. The second-order valence-electron chi connectivity index (χ2n) is 5.70. The second-order valence-corrected chi connectivity index (χ2v) is 5.70. The van der Waals surface area contributed by atoms with Gasteiger partial charge in [-0.2, -0.15) is 4.98 Å². The van der Waals surface area contributed by atoms with Crippen LogP contribution in [0.25, 0.3) is 0 Å². The highest BCUT2D eigenvalue weighted by molar-refractivity contribution is 5.44. The number of rotatable bonds is 3. The molecule has 1 aliphatic rings. The standard InChI is InChI=1S/C14H19N5O2.CH2O2/c1-8-4-13(17-14(15)16-8)19-6-10(12(20)7-19)5-11-3-9(2)18-21-11;2-1-3/h3-4,10,12,20H,5-7H2,1-2H3,(H2,15,16,17);1H,(H,2,3)/t10-,12-;/m1./s1. The summed E-state index contributed by atoms with van der Waals surface area (Å²) < 4.78 is 5.23. The zero-order chi connectivity index (χ0) is 17.7. The van der Waals surface area contributed by atoms with Crippen LogP contribution in [0.4, 0.5) is 11.8 Å². The molecule has 2 atom stereocenters. The number of anilines is 2. The molecule has 0 spiro atoms. The number of carboxylic acid groups (broad SMARTS) is 1. The quantitative estimate of drug-likeness (QED) is 0.680. The zero-order valence-corrected chi connectivity index (χ0v) is 13.6.